The van der Waals surface area contributed by atoms with Crippen LogP contribution in [0.2, 0.25) is 0 Å². The molecule has 2 N–H and O–H groups in total. The minimum Gasteiger partial charge on any atom is -0.330 e. The van der Waals surface area contributed by atoms with Gasteiger partial charge < -0.3 is 5.73 Å². The molecule has 0 fully saturated rings. The van der Waals surface area contributed by atoms with Crippen LogP contribution in [0.15, 0.2) is 36.5 Å². The Morgan fingerprint density at radius 3 is 2.57 bits per heavy atom. The molecule has 1 heterocycles. The van der Waals surface area contributed by atoms with Crippen molar-refractivity contribution in [2.24, 2.45) is 5.73 Å². The molecule has 1 aromatic heterocycles. The van der Waals surface area contributed by atoms with Crippen molar-refractivity contribution < 1.29 is 0 Å². The average Bonchev–Trinajstić information content (AvgIpc) is 2.94. The second kappa shape index (κ2) is 7.41. The molecule has 3 heteroatoms. The average molecular weight is 285 g/mol. The first-order valence-electron chi connectivity index (χ1n) is 7.98. The van der Waals surface area contributed by atoms with Gasteiger partial charge in [-0.2, -0.15) is 5.10 Å². The van der Waals surface area contributed by atoms with E-state index in [9.17, 15) is 0 Å². The zero-order chi connectivity index (χ0) is 15.2. The zero-order valence-corrected chi connectivity index (χ0v) is 13.4. The van der Waals surface area contributed by atoms with Crippen LogP contribution in [0.5, 0.6) is 0 Å². The molecule has 1 aromatic carbocycles. The van der Waals surface area contributed by atoms with Crippen molar-refractivity contribution in [1.29, 1.82) is 0 Å². The Kier molecular flexibility index (Phi) is 5.57. The molecule has 0 bridgehead atoms. The summed E-state index contributed by atoms with van der Waals surface area (Å²) in [6.07, 6.45) is 5.26. The molecule has 1 atom stereocenters. The van der Waals surface area contributed by atoms with Crippen LogP contribution >= 0.6 is 0 Å². The maximum absolute atomic E-state index is 5.99. The van der Waals surface area contributed by atoms with Gasteiger partial charge in [-0.05, 0) is 44.4 Å². The predicted octanol–water partition coefficient (Wildman–Crippen LogP) is 3.84. The van der Waals surface area contributed by atoms with E-state index in [4.69, 9.17) is 10.8 Å². The third kappa shape index (κ3) is 3.94. The van der Waals surface area contributed by atoms with Crippen molar-refractivity contribution >= 4 is 0 Å². The lowest BCUT2D eigenvalue weighted by molar-refractivity contribution is 0.424. The fourth-order valence-electron chi connectivity index (χ4n) is 2.87. The van der Waals surface area contributed by atoms with Crippen LogP contribution in [0.4, 0.5) is 0 Å². The molecule has 2 aromatic rings. The van der Waals surface area contributed by atoms with E-state index in [1.807, 2.05) is 0 Å². The molecule has 0 aliphatic carbocycles. The molecule has 0 spiro atoms. The Morgan fingerprint density at radius 2 is 1.95 bits per heavy atom. The Labute approximate surface area is 128 Å². The molecular formula is C18H27N3. The highest BCUT2D eigenvalue weighted by atomic mass is 15.3. The first-order valence-corrected chi connectivity index (χ1v) is 7.98. The van der Waals surface area contributed by atoms with Gasteiger partial charge in [-0.3, -0.25) is 4.68 Å². The summed E-state index contributed by atoms with van der Waals surface area (Å²) in [5.74, 6) is 0.343. The van der Waals surface area contributed by atoms with Crippen LogP contribution in [0.3, 0.4) is 0 Å². The minimum absolute atomic E-state index is 0.343. The summed E-state index contributed by atoms with van der Waals surface area (Å²) < 4.78 is 2.11. The molecule has 0 saturated carbocycles. The van der Waals surface area contributed by atoms with Gasteiger partial charge >= 0.3 is 0 Å². The van der Waals surface area contributed by atoms with E-state index in [1.165, 1.54) is 11.1 Å². The highest BCUT2D eigenvalue weighted by Crippen LogP contribution is 2.21. The fourth-order valence-corrected chi connectivity index (χ4v) is 2.87. The summed E-state index contributed by atoms with van der Waals surface area (Å²) in [7, 11) is 0. The van der Waals surface area contributed by atoms with Crippen LogP contribution in [0.1, 0.15) is 55.5 Å². The quantitative estimate of drug-likeness (QED) is 0.840. The van der Waals surface area contributed by atoms with E-state index in [0.29, 0.717) is 18.5 Å². The van der Waals surface area contributed by atoms with Crippen molar-refractivity contribution in [2.45, 2.75) is 52.0 Å². The second-order valence-corrected chi connectivity index (χ2v) is 5.81. The van der Waals surface area contributed by atoms with Crippen molar-refractivity contribution in [3.8, 4) is 0 Å². The Bertz CT molecular complexity index is 555. The van der Waals surface area contributed by atoms with Crippen molar-refractivity contribution in [3.63, 3.8) is 0 Å². The second-order valence-electron chi connectivity index (χ2n) is 5.81. The molecule has 0 aliphatic heterocycles. The van der Waals surface area contributed by atoms with Gasteiger partial charge in [-0.15, -0.1) is 0 Å². The number of benzene rings is 1. The van der Waals surface area contributed by atoms with E-state index in [2.05, 4.69) is 62.0 Å². The summed E-state index contributed by atoms with van der Waals surface area (Å²) in [6, 6.07) is 11.3. The van der Waals surface area contributed by atoms with Crippen LogP contribution < -0.4 is 5.73 Å². The molecule has 1 unspecified atom stereocenters. The van der Waals surface area contributed by atoms with Crippen LogP contribution in [-0.4, -0.2) is 16.3 Å². The monoisotopic (exact) mass is 285 g/mol. The van der Waals surface area contributed by atoms with E-state index in [-0.39, 0.29) is 0 Å². The SMILES string of the molecule is CCC(CC)n1ccc(CC(CN)c2cccc(C)c2)n1. The summed E-state index contributed by atoms with van der Waals surface area (Å²) in [5.41, 5.74) is 9.72. The van der Waals surface area contributed by atoms with Crippen LogP contribution in [-0.2, 0) is 6.42 Å². The molecule has 114 valence electrons. The van der Waals surface area contributed by atoms with Gasteiger partial charge in [0, 0.05) is 12.1 Å². The number of hydrogen-bond acceptors (Lipinski definition) is 2. The molecular weight excluding hydrogens is 258 g/mol. The van der Waals surface area contributed by atoms with E-state index in [0.717, 1.165) is 25.0 Å². The number of nitrogens with zero attached hydrogens (tertiary/aromatic N) is 2. The lowest BCUT2D eigenvalue weighted by Crippen LogP contribution is -2.16. The van der Waals surface area contributed by atoms with Gasteiger partial charge in [0.15, 0.2) is 0 Å². The largest absolute Gasteiger partial charge is 0.330 e. The molecule has 2 rings (SSSR count). The van der Waals surface area contributed by atoms with Crippen LogP contribution in [0, 0.1) is 6.92 Å². The zero-order valence-electron chi connectivity index (χ0n) is 13.4. The lowest BCUT2D eigenvalue weighted by atomic mass is 9.93. The highest BCUT2D eigenvalue weighted by Gasteiger charge is 2.14. The Hall–Kier alpha value is -1.61. The summed E-state index contributed by atoms with van der Waals surface area (Å²) >= 11 is 0. The smallest absolute Gasteiger partial charge is 0.0631 e. The third-order valence-corrected chi connectivity index (χ3v) is 4.23. The number of hydrogen-bond donors (Lipinski definition) is 1. The van der Waals surface area contributed by atoms with Gasteiger partial charge in [0.1, 0.15) is 0 Å². The minimum atomic E-state index is 0.343. The van der Waals surface area contributed by atoms with Gasteiger partial charge in [-0.25, -0.2) is 0 Å². The maximum Gasteiger partial charge on any atom is 0.0631 e. The number of aromatic nitrogens is 2. The molecule has 3 nitrogen and oxygen atoms in total. The maximum atomic E-state index is 5.99. The van der Waals surface area contributed by atoms with E-state index in [1.54, 1.807) is 0 Å². The van der Waals surface area contributed by atoms with Gasteiger partial charge in [0.25, 0.3) is 0 Å². The Morgan fingerprint density at radius 1 is 1.19 bits per heavy atom. The first kappa shape index (κ1) is 15.8. The van der Waals surface area contributed by atoms with E-state index >= 15 is 0 Å². The third-order valence-electron chi connectivity index (χ3n) is 4.23. The molecule has 21 heavy (non-hydrogen) atoms. The summed E-state index contributed by atoms with van der Waals surface area (Å²) in [6.45, 7) is 7.20. The standard InChI is InChI=1S/C18H27N3/c1-4-18(5-2)21-10-9-17(20-21)12-16(13-19)15-8-6-7-14(3)11-15/h6-11,16,18H,4-5,12-13,19H2,1-3H3. The predicted molar refractivity (Wildman–Crippen MR) is 88.5 cm³/mol. The van der Waals surface area contributed by atoms with E-state index < -0.39 is 0 Å². The molecule has 0 amide bonds. The van der Waals surface area contributed by atoms with Crippen molar-refractivity contribution in [1.82, 2.24) is 9.78 Å². The first-order chi connectivity index (χ1) is 10.2. The normalized spacial score (nSPS) is 12.8. The topological polar surface area (TPSA) is 43.8 Å². The highest BCUT2D eigenvalue weighted by molar-refractivity contribution is 5.27. The van der Waals surface area contributed by atoms with Crippen molar-refractivity contribution in [2.75, 3.05) is 6.54 Å². The Balaban J connectivity index is 2.12. The van der Waals surface area contributed by atoms with Crippen LogP contribution in [0.25, 0.3) is 0 Å². The van der Waals surface area contributed by atoms with Gasteiger partial charge in [0.05, 0.1) is 11.7 Å². The van der Waals surface area contributed by atoms with Gasteiger partial charge in [0.2, 0.25) is 0 Å². The molecule has 0 radical (unpaired) electrons. The van der Waals surface area contributed by atoms with Gasteiger partial charge in [-0.1, -0.05) is 43.7 Å². The number of aryl methyl sites for hydroxylation is 1. The molecule has 0 saturated heterocycles. The lowest BCUT2D eigenvalue weighted by Gasteiger charge is -2.15. The number of rotatable bonds is 7. The van der Waals surface area contributed by atoms with Crippen molar-refractivity contribution in [3.05, 3.63) is 53.3 Å². The number of nitrogens with two attached hydrogens (primary N) is 1. The summed E-state index contributed by atoms with van der Waals surface area (Å²) in [4.78, 5) is 0. The summed E-state index contributed by atoms with van der Waals surface area (Å²) in [5, 5.41) is 4.75. The molecule has 0 aliphatic rings. The fraction of sp³-hybridized carbons (Fsp3) is 0.500.